The van der Waals surface area contributed by atoms with Crippen LogP contribution in [0.3, 0.4) is 0 Å². The molecule has 10 heteroatoms. The number of aromatic carboxylic acids is 1. The maximum Gasteiger partial charge on any atom is 0.335 e. The number of benzene rings is 2. The van der Waals surface area contributed by atoms with Crippen molar-refractivity contribution >= 4 is 40.9 Å². The number of ether oxygens (including phenoxy) is 3. The summed E-state index contributed by atoms with van der Waals surface area (Å²) in [7, 11) is 1.46. The maximum absolute atomic E-state index is 12.7. The highest BCUT2D eigenvalue weighted by Gasteiger charge is 2.41. The highest BCUT2D eigenvalue weighted by molar-refractivity contribution is 8.18. The lowest BCUT2D eigenvalue weighted by molar-refractivity contribution is -0.150. The smallest absolute Gasteiger partial charge is 0.335 e. The first-order valence-electron chi connectivity index (χ1n) is 10.3. The predicted molar refractivity (Wildman–Crippen MR) is 125 cm³/mol. The number of imide groups is 1. The van der Waals surface area contributed by atoms with Gasteiger partial charge in [0.2, 0.25) is 0 Å². The number of nitrogens with zero attached hydrogens (tertiary/aromatic N) is 1. The number of amides is 2. The van der Waals surface area contributed by atoms with Crippen LogP contribution in [-0.2, 0) is 20.9 Å². The van der Waals surface area contributed by atoms with E-state index in [4.69, 9.17) is 19.3 Å². The van der Waals surface area contributed by atoms with Crippen LogP contribution in [-0.4, -0.2) is 52.8 Å². The van der Waals surface area contributed by atoms with Gasteiger partial charge in [0.15, 0.2) is 11.5 Å². The lowest BCUT2D eigenvalue weighted by Crippen LogP contribution is -2.42. The molecule has 1 N–H and O–H groups in total. The Morgan fingerprint density at radius 2 is 1.91 bits per heavy atom. The molecule has 3 rings (SSSR count). The zero-order valence-corrected chi connectivity index (χ0v) is 19.6. The quantitative estimate of drug-likeness (QED) is 0.416. The number of hydrogen-bond donors (Lipinski definition) is 1. The molecule has 1 aliphatic heterocycles. The molecular formula is C24H23NO8S. The molecule has 1 fully saturated rings. The fraction of sp³-hybridized carbons (Fsp3) is 0.250. The summed E-state index contributed by atoms with van der Waals surface area (Å²) in [5.41, 5.74) is 1.43. The second-order valence-electron chi connectivity index (χ2n) is 7.18. The SMILES string of the molecule is CCOC(=O)C(C)N1C(=O)S/C(=C/c2ccc(OCc3cccc(C(=O)O)c3)c(OC)c2)C1=O. The number of thioether (sulfide) groups is 1. The number of hydrogen-bond acceptors (Lipinski definition) is 8. The van der Waals surface area contributed by atoms with E-state index in [1.54, 1.807) is 37.3 Å². The Morgan fingerprint density at radius 3 is 2.59 bits per heavy atom. The Hall–Kier alpha value is -3.79. The Bertz CT molecular complexity index is 1160. The first-order chi connectivity index (χ1) is 16.2. The molecule has 1 aliphatic rings. The third-order valence-corrected chi connectivity index (χ3v) is 5.78. The lowest BCUT2D eigenvalue weighted by atomic mass is 10.1. The standard InChI is InChI=1S/C24H23NO8S/c1-4-32-23(29)14(2)25-21(26)20(34-24(25)30)12-15-8-9-18(19(11-15)31-3)33-13-16-6-5-7-17(10-16)22(27)28/h5-12,14H,4,13H2,1-3H3,(H,27,28)/b20-12+. The van der Waals surface area contributed by atoms with Crippen molar-refractivity contribution < 1.29 is 38.5 Å². The fourth-order valence-electron chi connectivity index (χ4n) is 3.18. The molecule has 1 unspecified atom stereocenters. The van der Waals surface area contributed by atoms with E-state index in [-0.39, 0.29) is 23.7 Å². The number of carboxylic acids is 1. The minimum atomic E-state index is -1.02. The summed E-state index contributed by atoms with van der Waals surface area (Å²) in [5.74, 6) is -1.44. The number of methoxy groups -OCH3 is 1. The van der Waals surface area contributed by atoms with Gasteiger partial charge in [-0.2, -0.15) is 0 Å². The van der Waals surface area contributed by atoms with Crippen molar-refractivity contribution in [3.8, 4) is 11.5 Å². The van der Waals surface area contributed by atoms with Gasteiger partial charge in [-0.05, 0) is 67.1 Å². The van der Waals surface area contributed by atoms with Crippen molar-refractivity contribution in [3.05, 3.63) is 64.1 Å². The van der Waals surface area contributed by atoms with E-state index in [0.717, 1.165) is 16.7 Å². The van der Waals surface area contributed by atoms with E-state index in [1.807, 2.05) is 0 Å². The van der Waals surface area contributed by atoms with Crippen LogP contribution in [0.4, 0.5) is 4.79 Å². The Kier molecular flexibility index (Phi) is 7.95. The monoisotopic (exact) mass is 485 g/mol. The Labute approximate surface area is 200 Å². The van der Waals surface area contributed by atoms with Crippen LogP contribution in [0.25, 0.3) is 6.08 Å². The molecule has 0 bridgehead atoms. The topological polar surface area (TPSA) is 119 Å². The minimum absolute atomic E-state index is 0.126. The summed E-state index contributed by atoms with van der Waals surface area (Å²) >= 11 is 0.740. The highest BCUT2D eigenvalue weighted by Crippen LogP contribution is 2.36. The van der Waals surface area contributed by atoms with Crippen molar-refractivity contribution in [2.45, 2.75) is 26.5 Å². The van der Waals surface area contributed by atoms with Crippen LogP contribution in [0.5, 0.6) is 11.5 Å². The van der Waals surface area contributed by atoms with Gasteiger partial charge in [0.1, 0.15) is 12.6 Å². The molecule has 2 amide bonds. The number of carbonyl (C=O) groups is 4. The largest absolute Gasteiger partial charge is 0.493 e. The molecule has 9 nitrogen and oxygen atoms in total. The molecule has 0 aromatic heterocycles. The van der Waals surface area contributed by atoms with Crippen molar-refractivity contribution in [2.24, 2.45) is 0 Å². The fourth-order valence-corrected chi connectivity index (χ4v) is 4.09. The lowest BCUT2D eigenvalue weighted by Gasteiger charge is -2.19. The average molecular weight is 486 g/mol. The van der Waals surface area contributed by atoms with Gasteiger partial charge < -0.3 is 19.3 Å². The van der Waals surface area contributed by atoms with Crippen molar-refractivity contribution in [2.75, 3.05) is 13.7 Å². The molecule has 0 spiro atoms. The van der Waals surface area contributed by atoms with E-state index in [1.165, 1.54) is 32.2 Å². The third kappa shape index (κ3) is 5.57. The van der Waals surface area contributed by atoms with Crippen molar-refractivity contribution in [1.29, 1.82) is 0 Å². The molecule has 1 heterocycles. The molecule has 1 saturated heterocycles. The third-order valence-electron chi connectivity index (χ3n) is 4.89. The summed E-state index contributed by atoms with van der Waals surface area (Å²) in [6, 6.07) is 10.4. The van der Waals surface area contributed by atoms with Gasteiger partial charge in [-0.1, -0.05) is 18.2 Å². The number of carbonyl (C=O) groups excluding carboxylic acids is 3. The molecule has 2 aromatic carbocycles. The van der Waals surface area contributed by atoms with Crippen LogP contribution in [0.15, 0.2) is 47.4 Å². The van der Waals surface area contributed by atoms with Crippen LogP contribution in [0.1, 0.15) is 35.3 Å². The Balaban J connectivity index is 1.76. The van der Waals surface area contributed by atoms with E-state index < -0.39 is 29.1 Å². The van der Waals surface area contributed by atoms with Gasteiger partial charge in [0.05, 0.1) is 24.2 Å². The van der Waals surface area contributed by atoms with E-state index in [0.29, 0.717) is 22.6 Å². The van der Waals surface area contributed by atoms with E-state index in [9.17, 15) is 19.2 Å². The normalized spacial score (nSPS) is 15.4. The summed E-state index contributed by atoms with van der Waals surface area (Å²) < 4.78 is 16.1. The summed E-state index contributed by atoms with van der Waals surface area (Å²) in [5, 5.41) is 8.57. The first kappa shape index (κ1) is 24.8. The number of carboxylic acid groups (broad SMARTS) is 1. The summed E-state index contributed by atoms with van der Waals surface area (Å²) in [6.45, 7) is 3.36. The molecule has 0 aliphatic carbocycles. The molecule has 0 radical (unpaired) electrons. The Morgan fingerprint density at radius 1 is 1.15 bits per heavy atom. The molecule has 1 atom stereocenters. The molecule has 0 saturated carbocycles. The summed E-state index contributed by atoms with van der Waals surface area (Å²) in [6.07, 6.45) is 1.53. The predicted octanol–water partition coefficient (Wildman–Crippen LogP) is 3.96. The van der Waals surface area contributed by atoms with Crippen LogP contribution in [0, 0.1) is 0 Å². The summed E-state index contributed by atoms with van der Waals surface area (Å²) in [4.78, 5) is 49.2. The van der Waals surface area contributed by atoms with Gasteiger partial charge in [0, 0.05) is 0 Å². The van der Waals surface area contributed by atoms with Gasteiger partial charge in [0.25, 0.3) is 11.1 Å². The average Bonchev–Trinajstić information content (AvgIpc) is 3.10. The zero-order chi connectivity index (χ0) is 24.8. The second kappa shape index (κ2) is 10.9. The second-order valence-corrected chi connectivity index (χ2v) is 8.18. The maximum atomic E-state index is 12.7. The minimum Gasteiger partial charge on any atom is -0.493 e. The molecule has 34 heavy (non-hydrogen) atoms. The van der Waals surface area contributed by atoms with Gasteiger partial charge >= 0.3 is 11.9 Å². The van der Waals surface area contributed by atoms with Gasteiger partial charge in [-0.3, -0.25) is 14.5 Å². The van der Waals surface area contributed by atoms with Gasteiger partial charge in [-0.25, -0.2) is 9.59 Å². The zero-order valence-electron chi connectivity index (χ0n) is 18.8. The molecule has 2 aromatic rings. The van der Waals surface area contributed by atoms with Crippen LogP contribution in [0.2, 0.25) is 0 Å². The van der Waals surface area contributed by atoms with Crippen LogP contribution < -0.4 is 9.47 Å². The molecular weight excluding hydrogens is 462 g/mol. The van der Waals surface area contributed by atoms with E-state index in [2.05, 4.69) is 0 Å². The van der Waals surface area contributed by atoms with Crippen molar-refractivity contribution in [1.82, 2.24) is 4.90 Å². The molecule has 178 valence electrons. The van der Waals surface area contributed by atoms with Crippen LogP contribution >= 0.6 is 11.8 Å². The number of rotatable bonds is 9. The van der Waals surface area contributed by atoms with E-state index >= 15 is 0 Å². The number of esters is 1. The van der Waals surface area contributed by atoms with Crippen molar-refractivity contribution in [3.63, 3.8) is 0 Å². The highest BCUT2D eigenvalue weighted by atomic mass is 32.2. The van der Waals surface area contributed by atoms with Gasteiger partial charge in [-0.15, -0.1) is 0 Å². The first-order valence-corrected chi connectivity index (χ1v) is 11.1.